The molecule has 0 aliphatic heterocycles. The first-order valence-electron chi connectivity index (χ1n) is 10.6. The smallest absolute Gasteiger partial charge is 0.311 e. The summed E-state index contributed by atoms with van der Waals surface area (Å²) in [5.41, 5.74) is 0.0612. The van der Waals surface area contributed by atoms with Crippen molar-refractivity contribution in [3.63, 3.8) is 0 Å². The molecule has 0 unspecified atom stereocenters. The van der Waals surface area contributed by atoms with Gasteiger partial charge in [0, 0.05) is 19.3 Å². The van der Waals surface area contributed by atoms with Gasteiger partial charge in [0.15, 0.2) is 0 Å². The van der Waals surface area contributed by atoms with Crippen LogP contribution in [0, 0.1) is 23.7 Å². The van der Waals surface area contributed by atoms with Gasteiger partial charge >= 0.3 is 5.97 Å². The fourth-order valence-corrected chi connectivity index (χ4v) is 2.71. The van der Waals surface area contributed by atoms with E-state index in [4.69, 9.17) is 4.74 Å². The Kier molecular flexibility index (Phi) is 13.6. The van der Waals surface area contributed by atoms with Gasteiger partial charge in [0.05, 0.1) is 5.97 Å². The average Bonchev–Trinajstić information content (AvgIpc) is 2.71. The molecule has 0 heterocycles. The van der Waals surface area contributed by atoms with Crippen molar-refractivity contribution in [3.8, 4) is 29.4 Å². The van der Waals surface area contributed by atoms with Gasteiger partial charge in [-0.3, -0.25) is 4.79 Å². The number of carbonyl (C=O) groups excluding carboxylic acids is 2. The molecular weight excluding hydrogens is 364 g/mol. The van der Waals surface area contributed by atoms with Crippen molar-refractivity contribution < 1.29 is 19.4 Å². The molecule has 0 aromatic heterocycles. The lowest BCUT2D eigenvalue weighted by Crippen LogP contribution is -2.22. The second-order valence-corrected chi connectivity index (χ2v) is 6.97. The molecule has 0 N–H and O–H groups in total. The maximum atomic E-state index is 11.8. The lowest BCUT2D eigenvalue weighted by Gasteiger charge is -2.06. The van der Waals surface area contributed by atoms with Crippen molar-refractivity contribution in [3.05, 3.63) is 29.8 Å². The number of ether oxygens (including phenoxy) is 1. The highest BCUT2D eigenvalue weighted by molar-refractivity contribution is 5.86. The Morgan fingerprint density at radius 2 is 1.38 bits per heavy atom. The van der Waals surface area contributed by atoms with Crippen LogP contribution in [0.25, 0.3) is 0 Å². The first kappa shape index (κ1) is 24.3. The molecule has 0 amide bonds. The van der Waals surface area contributed by atoms with Gasteiger partial charge in [0.2, 0.25) is 0 Å². The molecule has 0 aliphatic carbocycles. The number of rotatable bonds is 13. The van der Waals surface area contributed by atoms with E-state index in [1.165, 1.54) is 43.5 Å². The van der Waals surface area contributed by atoms with E-state index >= 15 is 0 Å². The summed E-state index contributed by atoms with van der Waals surface area (Å²) in [6.45, 7) is 2.19. The number of carboxylic acid groups (broad SMARTS) is 1. The van der Waals surface area contributed by atoms with Crippen LogP contribution >= 0.6 is 0 Å². The minimum Gasteiger partial charge on any atom is -0.545 e. The third-order valence-corrected chi connectivity index (χ3v) is 4.40. The van der Waals surface area contributed by atoms with Gasteiger partial charge in [-0.25, -0.2) is 0 Å². The molecule has 0 saturated carbocycles. The highest BCUT2D eigenvalue weighted by atomic mass is 16.5. The SMILES string of the molecule is CCCCCC#CC#CCCCCCCCCC(=O)Oc1ccc(C(=O)[O-])cc1. The highest BCUT2D eigenvalue weighted by Crippen LogP contribution is 2.14. The molecule has 0 atom stereocenters. The van der Waals surface area contributed by atoms with Crippen LogP contribution in [0.5, 0.6) is 5.75 Å². The lowest BCUT2D eigenvalue weighted by molar-refractivity contribution is -0.255. The number of esters is 1. The first-order chi connectivity index (χ1) is 14.1. The first-order valence-corrected chi connectivity index (χ1v) is 10.6. The van der Waals surface area contributed by atoms with Crippen LogP contribution in [-0.4, -0.2) is 11.9 Å². The van der Waals surface area contributed by atoms with E-state index in [0.717, 1.165) is 51.4 Å². The molecule has 0 radical (unpaired) electrons. The van der Waals surface area contributed by atoms with Crippen molar-refractivity contribution in [2.24, 2.45) is 0 Å². The van der Waals surface area contributed by atoms with Crippen molar-refractivity contribution in [2.75, 3.05) is 0 Å². The minimum absolute atomic E-state index is 0.0612. The van der Waals surface area contributed by atoms with Crippen LogP contribution in [0.2, 0.25) is 0 Å². The molecule has 156 valence electrons. The monoisotopic (exact) mass is 395 g/mol. The van der Waals surface area contributed by atoms with E-state index in [1.807, 2.05) is 0 Å². The second-order valence-electron chi connectivity index (χ2n) is 6.97. The maximum absolute atomic E-state index is 11.8. The summed E-state index contributed by atoms with van der Waals surface area (Å²) < 4.78 is 5.19. The summed E-state index contributed by atoms with van der Waals surface area (Å²) in [6.07, 6.45) is 12.1. The summed E-state index contributed by atoms with van der Waals surface area (Å²) in [6, 6.07) is 5.65. The van der Waals surface area contributed by atoms with Crippen LogP contribution in [0.3, 0.4) is 0 Å². The maximum Gasteiger partial charge on any atom is 0.311 e. The quantitative estimate of drug-likeness (QED) is 0.211. The van der Waals surface area contributed by atoms with E-state index in [9.17, 15) is 14.7 Å². The molecule has 0 bridgehead atoms. The van der Waals surface area contributed by atoms with Crippen LogP contribution in [0.15, 0.2) is 24.3 Å². The largest absolute Gasteiger partial charge is 0.545 e. The van der Waals surface area contributed by atoms with Gasteiger partial charge in [0.25, 0.3) is 0 Å². The fraction of sp³-hybridized carbons (Fsp3) is 0.520. The zero-order valence-electron chi connectivity index (χ0n) is 17.4. The fourth-order valence-electron chi connectivity index (χ4n) is 2.71. The standard InChI is InChI=1S/C25H32O4/c1-2-3-4-5-6-7-8-9-10-11-12-13-14-15-16-17-24(26)29-23-20-18-22(19-21-23)25(27)28/h18-21H,2-5,10-17H2,1H3,(H,27,28)/p-1. The summed E-state index contributed by atoms with van der Waals surface area (Å²) in [7, 11) is 0. The minimum atomic E-state index is -1.25. The van der Waals surface area contributed by atoms with Crippen LogP contribution in [0.1, 0.15) is 94.3 Å². The molecule has 1 aromatic carbocycles. The van der Waals surface area contributed by atoms with Crippen LogP contribution in [0.4, 0.5) is 0 Å². The Bertz CT molecular complexity index is 726. The summed E-state index contributed by atoms with van der Waals surface area (Å²) in [5, 5.41) is 10.7. The molecule has 0 spiro atoms. The zero-order valence-corrected chi connectivity index (χ0v) is 17.4. The Morgan fingerprint density at radius 1 is 0.828 bits per heavy atom. The van der Waals surface area contributed by atoms with Gasteiger partial charge < -0.3 is 14.6 Å². The van der Waals surface area contributed by atoms with Crippen molar-refractivity contribution in [1.29, 1.82) is 0 Å². The third kappa shape index (κ3) is 13.1. The summed E-state index contributed by atoms with van der Waals surface area (Å²) in [5.74, 6) is 10.8. The van der Waals surface area contributed by atoms with E-state index in [1.54, 1.807) is 0 Å². The Morgan fingerprint density at radius 3 is 1.97 bits per heavy atom. The number of carbonyl (C=O) groups is 2. The number of carboxylic acids is 1. The van der Waals surface area contributed by atoms with Crippen molar-refractivity contribution >= 4 is 11.9 Å². The second kappa shape index (κ2) is 16.3. The molecule has 0 fully saturated rings. The molecule has 0 saturated heterocycles. The predicted octanol–water partition coefficient (Wildman–Crippen LogP) is 4.66. The van der Waals surface area contributed by atoms with Gasteiger partial charge in [0.1, 0.15) is 5.75 Å². The van der Waals surface area contributed by atoms with E-state index in [2.05, 4.69) is 30.6 Å². The average molecular weight is 396 g/mol. The van der Waals surface area contributed by atoms with Gasteiger partial charge in [-0.1, -0.05) is 57.3 Å². The van der Waals surface area contributed by atoms with Gasteiger partial charge in [-0.15, -0.1) is 0 Å². The van der Waals surface area contributed by atoms with E-state index < -0.39 is 5.97 Å². The number of unbranched alkanes of at least 4 members (excludes halogenated alkanes) is 9. The molecule has 0 aliphatic rings. The number of hydrogen-bond acceptors (Lipinski definition) is 4. The van der Waals surface area contributed by atoms with Crippen LogP contribution < -0.4 is 9.84 Å². The molecule has 29 heavy (non-hydrogen) atoms. The van der Waals surface area contributed by atoms with Crippen molar-refractivity contribution in [1.82, 2.24) is 0 Å². The molecule has 1 rings (SSSR count). The van der Waals surface area contributed by atoms with Gasteiger partial charge in [-0.2, -0.15) is 0 Å². The predicted molar refractivity (Wildman–Crippen MR) is 113 cm³/mol. The molecule has 1 aromatic rings. The zero-order chi connectivity index (χ0) is 21.2. The summed E-state index contributed by atoms with van der Waals surface area (Å²) in [4.78, 5) is 22.5. The topological polar surface area (TPSA) is 66.4 Å². The Labute approximate surface area is 175 Å². The third-order valence-electron chi connectivity index (χ3n) is 4.40. The van der Waals surface area contributed by atoms with E-state index in [0.29, 0.717) is 12.2 Å². The molecular formula is C25H31O4-. The van der Waals surface area contributed by atoms with Gasteiger partial charge in [-0.05, 0) is 60.9 Å². The highest BCUT2D eigenvalue weighted by Gasteiger charge is 2.05. The number of hydrogen-bond donors (Lipinski definition) is 0. The van der Waals surface area contributed by atoms with Crippen LogP contribution in [-0.2, 0) is 4.79 Å². The Hall–Kier alpha value is -2.72. The van der Waals surface area contributed by atoms with Crippen molar-refractivity contribution in [2.45, 2.75) is 84.0 Å². The summed E-state index contributed by atoms with van der Waals surface area (Å²) >= 11 is 0. The normalized spacial score (nSPS) is 9.69. The lowest BCUT2D eigenvalue weighted by atomic mass is 10.1. The van der Waals surface area contributed by atoms with E-state index in [-0.39, 0.29) is 11.5 Å². The Balaban J connectivity index is 1.99. The number of benzene rings is 1. The molecule has 4 heteroatoms. The molecule has 4 nitrogen and oxygen atoms in total. The number of aromatic carboxylic acids is 1.